The molecule has 1 fully saturated rings. The Balaban J connectivity index is 2.32. The highest BCUT2D eigenvalue weighted by atomic mass is 28.5. The summed E-state index contributed by atoms with van der Waals surface area (Å²) in [6.45, 7) is 2.23. The molecule has 1 aliphatic heterocycles. The SMILES string of the molecule is C[Si]1(CCCO)O[SiH2]O[SiH2]O[SiH2]O1. The third kappa shape index (κ3) is 4.62. The molecule has 0 radical (unpaired) electrons. The lowest BCUT2D eigenvalue weighted by Crippen LogP contribution is -2.44. The van der Waals surface area contributed by atoms with Crippen molar-refractivity contribution in [2.45, 2.75) is 19.0 Å². The maximum Gasteiger partial charge on any atom is 0.316 e. The summed E-state index contributed by atoms with van der Waals surface area (Å²) in [5.74, 6) is 0. The summed E-state index contributed by atoms with van der Waals surface area (Å²) in [4.78, 5) is 0. The van der Waals surface area contributed by atoms with Gasteiger partial charge in [-0.2, -0.15) is 0 Å². The van der Waals surface area contributed by atoms with E-state index in [-0.39, 0.29) is 6.61 Å². The zero-order valence-electron chi connectivity index (χ0n) is 7.82. The molecule has 5 nitrogen and oxygen atoms in total. The van der Waals surface area contributed by atoms with Crippen LogP contribution < -0.4 is 0 Å². The molecule has 0 aliphatic carbocycles. The summed E-state index contributed by atoms with van der Waals surface area (Å²) in [6.07, 6.45) is 0.753. The fourth-order valence-electron chi connectivity index (χ4n) is 1.05. The predicted molar refractivity (Wildman–Crippen MR) is 58.1 cm³/mol. The van der Waals surface area contributed by atoms with Crippen LogP contribution in [0.4, 0.5) is 0 Å². The van der Waals surface area contributed by atoms with Gasteiger partial charge in [-0.25, -0.2) is 0 Å². The molecule has 1 N–H and O–H groups in total. The molecule has 0 aromatic rings. The van der Waals surface area contributed by atoms with Crippen LogP contribution >= 0.6 is 0 Å². The van der Waals surface area contributed by atoms with Crippen molar-refractivity contribution in [1.82, 2.24) is 0 Å². The largest absolute Gasteiger partial charge is 0.425 e. The Hall–Kier alpha value is 0.668. The molecule has 0 spiro atoms. The molecule has 1 heterocycles. The Kier molecular flexibility index (Phi) is 5.61. The summed E-state index contributed by atoms with van der Waals surface area (Å²) in [6, 6.07) is 0.845. The molecule has 0 saturated carbocycles. The minimum Gasteiger partial charge on any atom is -0.425 e. The molecular weight excluding hydrogens is 240 g/mol. The Labute approximate surface area is 86.2 Å². The summed E-state index contributed by atoms with van der Waals surface area (Å²) in [5.41, 5.74) is 0. The lowest BCUT2D eigenvalue weighted by molar-refractivity contribution is 0.277. The van der Waals surface area contributed by atoms with Gasteiger partial charge in [0.2, 0.25) is 0 Å². The van der Waals surface area contributed by atoms with Crippen molar-refractivity contribution in [1.29, 1.82) is 0 Å². The Morgan fingerprint density at radius 3 is 2.31 bits per heavy atom. The van der Waals surface area contributed by atoms with Crippen LogP contribution in [0.15, 0.2) is 0 Å². The minimum atomic E-state index is -2.00. The summed E-state index contributed by atoms with van der Waals surface area (Å²) in [7, 11) is -4.51. The van der Waals surface area contributed by atoms with Gasteiger partial charge in [0.25, 0.3) is 30.0 Å². The first-order valence-corrected chi connectivity index (χ1v) is 10.3. The first kappa shape index (κ1) is 11.7. The van der Waals surface area contributed by atoms with Crippen molar-refractivity contribution in [3.05, 3.63) is 0 Å². The molecule has 0 aromatic heterocycles. The van der Waals surface area contributed by atoms with E-state index in [0.29, 0.717) is 0 Å². The van der Waals surface area contributed by atoms with Crippen LogP contribution in [0.5, 0.6) is 0 Å². The van der Waals surface area contributed by atoms with Crippen molar-refractivity contribution >= 4 is 38.6 Å². The van der Waals surface area contributed by atoms with Gasteiger partial charge < -0.3 is 21.6 Å². The van der Waals surface area contributed by atoms with Gasteiger partial charge in [-0.05, 0) is 19.0 Å². The Morgan fingerprint density at radius 2 is 1.77 bits per heavy atom. The van der Waals surface area contributed by atoms with Crippen molar-refractivity contribution in [2.75, 3.05) is 6.61 Å². The lowest BCUT2D eigenvalue weighted by atomic mass is 10.5. The maximum absolute atomic E-state index is 8.72. The van der Waals surface area contributed by atoms with Crippen LogP contribution in [-0.4, -0.2) is 50.3 Å². The topological polar surface area (TPSA) is 57.2 Å². The van der Waals surface area contributed by atoms with Crippen LogP contribution in [0, 0.1) is 0 Å². The average Bonchev–Trinajstić information content (AvgIpc) is 2.09. The van der Waals surface area contributed by atoms with E-state index >= 15 is 0 Å². The molecule has 13 heavy (non-hydrogen) atoms. The predicted octanol–water partition coefficient (Wildman–Crippen LogP) is -2.48. The molecule has 1 saturated heterocycles. The standard InChI is InChI=1S/C4H16O5Si4/c1-13(4-2-3-5)8-11-6-10-7-12-9-13/h5H,2-4,10-12H2,1H3. The van der Waals surface area contributed by atoms with Crippen molar-refractivity contribution in [3.63, 3.8) is 0 Å². The second kappa shape index (κ2) is 6.21. The normalized spacial score (nSPS) is 36.5. The number of rotatable bonds is 3. The van der Waals surface area contributed by atoms with E-state index in [1.807, 2.05) is 6.55 Å². The first-order chi connectivity index (χ1) is 6.27. The van der Waals surface area contributed by atoms with Gasteiger partial charge in [0, 0.05) is 6.61 Å². The van der Waals surface area contributed by atoms with E-state index in [0.717, 1.165) is 12.5 Å². The molecule has 0 unspecified atom stereocenters. The lowest BCUT2D eigenvalue weighted by Gasteiger charge is -2.29. The van der Waals surface area contributed by atoms with Crippen LogP contribution in [0.1, 0.15) is 6.42 Å². The van der Waals surface area contributed by atoms with Gasteiger partial charge in [-0.3, -0.25) is 0 Å². The third-order valence-electron chi connectivity index (χ3n) is 1.85. The first-order valence-electron chi connectivity index (χ1n) is 4.31. The molecule has 0 bridgehead atoms. The minimum absolute atomic E-state index is 0.203. The van der Waals surface area contributed by atoms with Gasteiger partial charge in [0.15, 0.2) is 0 Å². The van der Waals surface area contributed by atoms with Crippen molar-refractivity contribution < 1.29 is 21.6 Å². The summed E-state index contributed by atoms with van der Waals surface area (Å²) in [5, 5.41) is 8.72. The van der Waals surface area contributed by atoms with Crippen LogP contribution in [-0.2, 0) is 16.5 Å². The number of aliphatic hydroxyl groups excluding tert-OH is 1. The summed E-state index contributed by atoms with van der Waals surface area (Å²) >= 11 is 0. The van der Waals surface area contributed by atoms with Crippen molar-refractivity contribution in [3.8, 4) is 0 Å². The quantitative estimate of drug-likeness (QED) is 0.567. The fraction of sp³-hybridized carbons (Fsp3) is 1.00. The molecule has 1 aliphatic rings. The van der Waals surface area contributed by atoms with E-state index in [4.69, 9.17) is 21.6 Å². The monoisotopic (exact) mass is 256 g/mol. The highest BCUT2D eigenvalue weighted by Gasteiger charge is 2.31. The molecule has 78 valence electrons. The molecular formula is C4H16O5Si4. The fourth-order valence-corrected chi connectivity index (χ4v) is 10.3. The molecule has 0 aromatic carbocycles. The smallest absolute Gasteiger partial charge is 0.316 e. The zero-order valence-corrected chi connectivity index (χ0v) is 13.1. The second-order valence-corrected chi connectivity index (χ2v) is 12.1. The zero-order chi connectivity index (χ0) is 9.57. The maximum atomic E-state index is 8.72. The van der Waals surface area contributed by atoms with E-state index in [9.17, 15) is 0 Å². The van der Waals surface area contributed by atoms with E-state index in [2.05, 4.69) is 0 Å². The second-order valence-electron chi connectivity index (χ2n) is 3.01. The van der Waals surface area contributed by atoms with Gasteiger partial charge in [0.1, 0.15) is 0 Å². The van der Waals surface area contributed by atoms with E-state index in [1.54, 1.807) is 0 Å². The van der Waals surface area contributed by atoms with Gasteiger partial charge >= 0.3 is 8.56 Å². The number of aliphatic hydroxyl groups is 1. The molecule has 0 amide bonds. The number of hydrogen-bond acceptors (Lipinski definition) is 5. The highest BCUT2D eigenvalue weighted by molar-refractivity contribution is 6.74. The molecule has 1 rings (SSSR count). The number of hydrogen-bond donors (Lipinski definition) is 1. The van der Waals surface area contributed by atoms with Crippen LogP contribution in [0.2, 0.25) is 12.6 Å². The summed E-state index contributed by atoms with van der Waals surface area (Å²) < 4.78 is 22.0. The molecule has 9 heteroatoms. The van der Waals surface area contributed by atoms with E-state index in [1.165, 1.54) is 0 Å². The van der Waals surface area contributed by atoms with Gasteiger partial charge in [0.05, 0.1) is 0 Å². The van der Waals surface area contributed by atoms with Crippen LogP contribution in [0.3, 0.4) is 0 Å². The average molecular weight is 257 g/mol. The molecule has 0 atom stereocenters. The van der Waals surface area contributed by atoms with Gasteiger partial charge in [-0.15, -0.1) is 0 Å². The highest BCUT2D eigenvalue weighted by Crippen LogP contribution is 2.15. The van der Waals surface area contributed by atoms with Crippen molar-refractivity contribution in [2.24, 2.45) is 0 Å². The van der Waals surface area contributed by atoms with Gasteiger partial charge in [-0.1, -0.05) is 0 Å². The Bertz CT molecular complexity index is 133. The third-order valence-corrected chi connectivity index (χ3v) is 11.6. The Morgan fingerprint density at radius 1 is 1.15 bits per heavy atom. The van der Waals surface area contributed by atoms with E-state index < -0.39 is 38.6 Å². The van der Waals surface area contributed by atoms with Crippen LogP contribution in [0.25, 0.3) is 0 Å².